The zero-order chi connectivity index (χ0) is 18.8. The fourth-order valence-corrected chi connectivity index (χ4v) is 4.02. The number of aliphatic hydroxyl groups is 1. The summed E-state index contributed by atoms with van der Waals surface area (Å²) in [6, 6.07) is 8.76. The van der Waals surface area contributed by atoms with Gasteiger partial charge in [-0.1, -0.05) is 35.0 Å². The first-order valence-corrected chi connectivity index (χ1v) is 10.0. The number of amides is 1. The molecule has 6 heteroatoms. The number of nitrogens with zero attached hydrogens (tertiary/aromatic N) is 4. The van der Waals surface area contributed by atoms with Crippen molar-refractivity contribution < 1.29 is 9.90 Å². The molecule has 27 heavy (non-hydrogen) atoms. The highest BCUT2D eigenvalue weighted by atomic mass is 16.3. The second-order valence-corrected chi connectivity index (χ2v) is 8.06. The number of aromatic nitrogens is 3. The van der Waals surface area contributed by atoms with E-state index in [0.717, 1.165) is 45.2 Å². The highest BCUT2D eigenvalue weighted by Gasteiger charge is 2.32. The van der Waals surface area contributed by atoms with Crippen LogP contribution in [0.3, 0.4) is 0 Å². The van der Waals surface area contributed by atoms with Crippen molar-refractivity contribution in [2.45, 2.75) is 57.6 Å². The number of hydrogen-bond acceptors (Lipinski definition) is 4. The van der Waals surface area contributed by atoms with E-state index in [-0.39, 0.29) is 18.1 Å². The Labute approximate surface area is 160 Å². The van der Waals surface area contributed by atoms with Gasteiger partial charge in [-0.05, 0) is 56.9 Å². The van der Waals surface area contributed by atoms with Gasteiger partial charge >= 0.3 is 0 Å². The van der Waals surface area contributed by atoms with Crippen LogP contribution >= 0.6 is 0 Å². The number of aryl methyl sites for hydroxylation is 2. The monoisotopic (exact) mass is 368 g/mol. The van der Waals surface area contributed by atoms with Gasteiger partial charge in [-0.25, -0.2) is 4.68 Å². The summed E-state index contributed by atoms with van der Waals surface area (Å²) in [5, 5.41) is 17.8. The summed E-state index contributed by atoms with van der Waals surface area (Å²) in [4.78, 5) is 14.6. The first-order valence-electron chi connectivity index (χ1n) is 10.0. The zero-order valence-electron chi connectivity index (χ0n) is 15.9. The molecule has 1 aromatic heterocycles. The van der Waals surface area contributed by atoms with E-state index >= 15 is 0 Å². The lowest BCUT2D eigenvalue weighted by Gasteiger charge is -2.32. The molecule has 6 nitrogen and oxygen atoms in total. The number of likely N-dealkylation sites (tertiary alicyclic amines) is 1. The van der Waals surface area contributed by atoms with E-state index in [2.05, 4.69) is 41.5 Å². The lowest BCUT2D eigenvalue weighted by atomic mass is 9.89. The normalized spacial score (nSPS) is 23.3. The molecule has 1 aliphatic heterocycles. The number of carbonyl (C=O) groups excluding carboxylic acids is 1. The molecule has 2 aliphatic rings. The molecule has 0 radical (unpaired) electrons. The molecule has 0 unspecified atom stereocenters. The number of hydrogen-bond donors (Lipinski definition) is 1. The van der Waals surface area contributed by atoms with Crippen molar-refractivity contribution >= 4 is 5.91 Å². The minimum Gasteiger partial charge on any atom is -0.391 e. The molecule has 4 rings (SSSR count). The van der Waals surface area contributed by atoms with Gasteiger partial charge in [0.1, 0.15) is 0 Å². The van der Waals surface area contributed by atoms with E-state index in [1.54, 1.807) is 10.9 Å². The number of rotatable bonds is 5. The van der Waals surface area contributed by atoms with Gasteiger partial charge < -0.3 is 10.0 Å². The standard InChI is InChI=1S/C21H28N4O2/c1-15-2-4-16(5-3-15)6-7-17-10-12-24(13-11-17)21(27)18-14-25(23-22-18)19-8-9-20(19)26/h2-5,14,17,19-20,26H,6-13H2,1H3/t19-,20-/m1/s1. The van der Waals surface area contributed by atoms with Crippen LogP contribution in [0.1, 0.15) is 59.8 Å². The molecule has 1 saturated carbocycles. The third-order valence-electron chi connectivity index (χ3n) is 6.14. The number of piperidine rings is 1. The quantitative estimate of drug-likeness (QED) is 0.881. The Kier molecular flexibility index (Phi) is 5.25. The first-order chi connectivity index (χ1) is 13.1. The second kappa shape index (κ2) is 7.80. The van der Waals surface area contributed by atoms with Gasteiger partial charge in [0.25, 0.3) is 5.91 Å². The van der Waals surface area contributed by atoms with Gasteiger partial charge in [0.2, 0.25) is 0 Å². The van der Waals surface area contributed by atoms with Gasteiger partial charge in [-0.2, -0.15) is 0 Å². The Balaban J connectivity index is 1.26. The minimum absolute atomic E-state index is 0.0217. The highest BCUT2D eigenvalue weighted by molar-refractivity contribution is 5.92. The highest BCUT2D eigenvalue weighted by Crippen LogP contribution is 2.31. The SMILES string of the molecule is Cc1ccc(CCC2CCN(C(=O)c3cn([C@@H]4CC[C@H]4O)nn3)CC2)cc1. The molecule has 1 amide bonds. The van der Waals surface area contributed by atoms with E-state index in [4.69, 9.17) is 0 Å². The summed E-state index contributed by atoms with van der Waals surface area (Å²) in [6.45, 7) is 3.69. The molecule has 144 valence electrons. The molecule has 0 bridgehead atoms. The van der Waals surface area contributed by atoms with Crippen LogP contribution in [-0.4, -0.2) is 50.1 Å². The predicted molar refractivity (Wildman–Crippen MR) is 102 cm³/mol. The third-order valence-corrected chi connectivity index (χ3v) is 6.14. The second-order valence-electron chi connectivity index (χ2n) is 8.06. The van der Waals surface area contributed by atoms with Crippen LogP contribution in [0.5, 0.6) is 0 Å². The number of carbonyl (C=O) groups is 1. The van der Waals surface area contributed by atoms with Gasteiger partial charge in [-0.15, -0.1) is 5.10 Å². The molecule has 1 saturated heterocycles. The van der Waals surface area contributed by atoms with Crippen molar-refractivity contribution in [1.29, 1.82) is 0 Å². The maximum absolute atomic E-state index is 12.7. The molecule has 1 aromatic carbocycles. The summed E-state index contributed by atoms with van der Waals surface area (Å²) in [6.07, 6.45) is 7.41. The summed E-state index contributed by atoms with van der Waals surface area (Å²) < 4.78 is 1.65. The Hall–Kier alpha value is -2.21. The van der Waals surface area contributed by atoms with Crippen LogP contribution in [0.4, 0.5) is 0 Å². The Morgan fingerprint density at radius 1 is 1.15 bits per heavy atom. The van der Waals surface area contributed by atoms with Gasteiger partial charge in [0, 0.05) is 13.1 Å². The first kappa shape index (κ1) is 18.2. The van der Waals surface area contributed by atoms with Crippen molar-refractivity contribution in [2.75, 3.05) is 13.1 Å². The van der Waals surface area contributed by atoms with E-state index in [0.29, 0.717) is 11.6 Å². The van der Waals surface area contributed by atoms with Crippen LogP contribution in [0.25, 0.3) is 0 Å². The molecule has 2 heterocycles. The van der Waals surface area contributed by atoms with Gasteiger partial charge in [0.15, 0.2) is 5.69 Å². The van der Waals surface area contributed by atoms with E-state index in [1.807, 2.05) is 4.90 Å². The third kappa shape index (κ3) is 4.05. The van der Waals surface area contributed by atoms with Crippen molar-refractivity contribution in [3.05, 3.63) is 47.3 Å². The molecule has 2 atom stereocenters. The number of benzene rings is 1. The predicted octanol–water partition coefficient (Wildman–Crippen LogP) is 2.77. The number of aliphatic hydroxyl groups excluding tert-OH is 1. The van der Waals surface area contributed by atoms with Crippen LogP contribution in [0.15, 0.2) is 30.5 Å². The minimum atomic E-state index is -0.362. The van der Waals surface area contributed by atoms with Gasteiger partial charge in [0.05, 0.1) is 18.3 Å². The van der Waals surface area contributed by atoms with Crippen molar-refractivity contribution in [2.24, 2.45) is 5.92 Å². The van der Waals surface area contributed by atoms with E-state index in [9.17, 15) is 9.90 Å². The van der Waals surface area contributed by atoms with Crippen LogP contribution in [0.2, 0.25) is 0 Å². The summed E-state index contributed by atoms with van der Waals surface area (Å²) >= 11 is 0. The molecule has 0 spiro atoms. The van der Waals surface area contributed by atoms with E-state index < -0.39 is 0 Å². The van der Waals surface area contributed by atoms with Crippen molar-refractivity contribution in [1.82, 2.24) is 19.9 Å². The Morgan fingerprint density at radius 3 is 2.52 bits per heavy atom. The van der Waals surface area contributed by atoms with Crippen LogP contribution in [0, 0.1) is 12.8 Å². The largest absolute Gasteiger partial charge is 0.391 e. The Morgan fingerprint density at radius 2 is 1.89 bits per heavy atom. The fourth-order valence-electron chi connectivity index (χ4n) is 4.02. The Bertz CT molecular complexity index is 778. The molecular weight excluding hydrogens is 340 g/mol. The van der Waals surface area contributed by atoms with Crippen molar-refractivity contribution in [3.63, 3.8) is 0 Å². The van der Waals surface area contributed by atoms with Crippen LogP contribution in [-0.2, 0) is 6.42 Å². The molecule has 2 fully saturated rings. The summed E-state index contributed by atoms with van der Waals surface area (Å²) in [5.41, 5.74) is 3.09. The average Bonchev–Trinajstić information content (AvgIpc) is 3.15. The zero-order valence-corrected chi connectivity index (χ0v) is 15.9. The summed E-state index contributed by atoms with van der Waals surface area (Å²) in [7, 11) is 0. The molecule has 1 N–H and O–H groups in total. The molecule has 2 aromatic rings. The lowest BCUT2D eigenvalue weighted by Crippen LogP contribution is -2.38. The molecular formula is C21H28N4O2. The smallest absolute Gasteiger partial charge is 0.276 e. The average molecular weight is 368 g/mol. The fraction of sp³-hybridized carbons (Fsp3) is 0.571. The van der Waals surface area contributed by atoms with Gasteiger partial charge in [-0.3, -0.25) is 4.79 Å². The van der Waals surface area contributed by atoms with Crippen LogP contribution < -0.4 is 0 Å². The van der Waals surface area contributed by atoms with Crippen molar-refractivity contribution in [3.8, 4) is 0 Å². The van der Waals surface area contributed by atoms with E-state index in [1.165, 1.54) is 17.5 Å². The maximum atomic E-state index is 12.7. The molecule has 1 aliphatic carbocycles. The topological polar surface area (TPSA) is 71.2 Å². The lowest BCUT2D eigenvalue weighted by molar-refractivity contribution is 0.0244. The summed E-state index contributed by atoms with van der Waals surface area (Å²) in [5.74, 6) is 0.642. The maximum Gasteiger partial charge on any atom is 0.276 e.